The van der Waals surface area contributed by atoms with E-state index in [0.717, 1.165) is 0 Å². The first-order valence-electron chi connectivity index (χ1n) is 15.3. The summed E-state index contributed by atoms with van der Waals surface area (Å²) in [5.74, 6) is -0.00792. The number of aromatic nitrogens is 3. The van der Waals surface area contributed by atoms with Crippen LogP contribution in [-0.2, 0) is 22.8 Å². The van der Waals surface area contributed by atoms with E-state index in [4.69, 9.17) is 22.8 Å². The lowest BCUT2D eigenvalue weighted by Gasteiger charge is -2.44. The van der Waals surface area contributed by atoms with Crippen molar-refractivity contribution < 1.29 is 27.5 Å². The first kappa shape index (κ1) is 37.8. The Balaban J connectivity index is 2.65. The molecule has 0 aromatic carbocycles. The highest BCUT2D eigenvalue weighted by molar-refractivity contribution is 6.75. The van der Waals surface area contributed by atoms with Crippen LogP contribution >= 0.6 is 0 Å². The predicted molar refractivity (Wildman–Crippen MR) is 178 cm³/mol. The Morgan fingerprint density at radius 3 is 1.81 bits per heavy atom. The molecule has 0 saturated carbocycles. The van der Waals surface area contributed by atoms with Crippen LogP contribution in [0.5, 0.6) is 0 Å². The molecule has 4 atom stereocenters. The van der Waals surface area contributed by atoms with Gasteiger partial charge in [-0.05, 0) is 61.3 Å². The van der Waals surface area contributed by atoms with E-state index in [2.05, 4.69) is 117 Å². The van der Waals surface area contributed by atoms with Crippen LogP contribution in [-0.4, -0.2) is 77.3 Å². The number of nitrogens with zero attached hydrogens (tertiary/aromatic N) is 3. The van der Waals surface area contributed by atoms with Gasteiger partial charge < -0.3 is 22.8 Å². The molecule has 0 unspecified atom stereocenters. The van der Waals surface area contributed by atoms with Crippen molar-refractivity contribution in [1.82, 2.24) is 14.8 Å². The maximum Gasteiger partial charge on any atom is 0.412 e. The summed E-state index contributed by atoms with van der Waals surface area (Å²) in [4.78, 5) is 29.4. The molecule has 1 aromatic heterocycles. The van der Waals surface area contributed by atoms with Gasteiger partial charge in [-0.3, -0.25) is 5.32 Å². The maximum absolute atomic E-state index is 13.4. The van der Waals surface area contributed by atoms with E-state index >= 15 is 0 Å². The number of nitrogens with one attached hydrogen (secondary N) is 1. The zero-order valence-corrected chi connectivity index (χ0v) is 32.5. The molecule has 0 bridgehead atoms. The second-order valence-electron chi connectivity index (χ2n) is 16.0. The topological polar surface area (TPSA) is 123 Å². The summed E-state index contributed by atoms with van der Waals surface area (Å²) in [6, 6.07) is 0. The van der Waals surface area contributed by atoms with Crippen LogP contribution in [0.4, 0.5) is 10.6 Å². The molecule has 1 saturated heterocycles. The van der Waals surface area contributed by atoms with Crippen LogP contribution in [0, 0.1) is 0 Å². The minimum Gasteiger partial charge on any atom is -0.450 e. The summed E-state index contributed by atoms with van der Waals surface area (Å²) >= 11 is 0. The summed E-state index contributed by atoms with van der Waals surface area (Å²) in [5, 5.41) is 6.64. The largest absolute Gasteiger partial charge is 0.450 e. The molecule has 0 radical (unpaired) electrons. The highest BCUT2D eigenvalue weighted by Crippen LogP contribution is 2.46. The highest BCUT2D eigenvalue weighted by Gasteiger charge is 2.55. The predicted octanol–water partition coefficient (Wildman–Crippen LogP) is 6.91. The lowest BCUT2D eigenvalue weighted by atomic mass is 10.1. The van der Waals surface area contributed by atoms with Crippen LogP contribution < -0.4 is 11.0 Å². The lowest BCUT2D eigenvalue weighted by Crippen LogP contribution is -2.55. The Morgan fingerprint density at radius 1 is 0.884 bits per heavy atom. The highest BCUT2D eigenvalue weighted by atomic mass is 28.4. The molecule has 1 amide bonds. The lowest BCUT2D eigenvalue weighted by molar-refractivity contribution is -0.0577. The van der Waals surface area contributed by atoms with E-state index in [-0.39, 0.29) is 27.5 Å². The molecule has 1 aliphatic rings. The molecular formula is C29H58N4O7Si3. The molecule has 2 heterocycles. The van der Waals surface area contributed by atoms with Gasteiger partial charge in [-0.25, -0.2) is 9.59 Å². The average molecular weight is 659 g/mol. The molecule has 11 nitrogen and oxygen atoms in total. The van der Waals surface area contributed by atoms with Crippen LogP contribution in [0.25, 0.3) is 0 Å². The van der Waals surface area contributed by atoms with E-state index in [1.54, 1.807) is 6.92 Å². The normalized spacial score (nSPS) is 22.5. The molecule has 1 fully saturated rings. The zero-order valence-electron chi connectivity index (χ0n) is 29.5. The minimum absolute atomic E-state index is 0.00198. The van der Waals surface area contributed by atoms with Crippen molar-refractivity contribution in [2.24, 2.45) is 0 Å². The van der Waals surface area contributed by atoms with E-state index < -0.39 is 61.3 Å². The van der Waals surface area contributed by atoms with Crippen molar-refractivity contribution in [2.45, 2.75) is 148 Å². The molecule has 2 rings (SSSR count). The standard InChI is InChI=1S/C29H58N4O7Si3/c1-17-36-26(35)32-21-18-30-33(25(34)31-21)24-23(40-43(15,16)29(8,9)10)22(39-42(13,14)28(5,6)7)20(38-24)19-37-41(11,12)27(2,3)4/h18,20,22-24H,17,19H2,1-16H3,(H,31,32,34,35)/t20-,22-,23-,24-/m1/s1. The molecule has 1 N–H and O–H groups in total. The zero-order chi connectivity index (χ0) is 33.4. The van der Waals surface area contributed by atoms with Gasteiger partial charge in [-0.2, -0.15) is 14.8 Å². The van der Waals surface area contributed by atoms with Crippen molar-refractivity contribution in [3.05, 3.63) is 16.7 Å². The SMILES string of the molecule is CCOC(=O)Nc1cnn([C@@H]2O[C@H](CO[Si](C)(C)C(C)(C)C)[C@@H](O[Si](C)(C)C(C)(C)C)[C@H]2O[Si](C)(C)C(C)(C)C)c(=O)n1. The Labute approximate surface area is 262 Å². The fourth-order valence-corrected chi connectivity index (χ4v) is 7.32. The van der Waals surface area contributed by atoms with Gasteiger partial charge in [0, 0.05) is 0 Å². The van der Waals surface area contributed by atoms with Gasteiger partial charge in [-0.15, -0.1) is 0 Å². The number of carbonyl (C=O) groups is 1. The third kappa shape index (κ3) is 9.07. The van der Waals surface area contributed by atoms with Crippen LogP contribution in [0.2, 0.25) is 54.4 Å². The van der Waals surface area contributed by atoms with Gasteiger partial charge in [0.25, 0.3) is 0 Å². The summed E-state index contributed by atoms with van der Waals surface area (Å²) in [7, 11) is -6.88. The van der Waals surface area contributed by atoms with Gasteiger partial charge in [0.2, 0.25) is 0 Å². The number of amides is 1. The van der Waals surface area contributed by atoms with Gasteiger partial charge in [0.1, 0.15) is 18.3 Å². The van der Waals surface area contributed by atoms with Crippen molar-refractivity contribution >= 4 is 36.9 Å². The number of carbonyl (C=O) groups excluding carboxylic acids is 1. The second-order valence-corrected chi connectivity index (χ2v) is 30.4. The van der Waals surface area contributed by atoms with E-state index in [1.807, 2.05) is 0 Å². The average Bonchev–Trinajstić information content (AvgIpc) is 3.11. The number of rotatable bonds is 10. The molecule has 0 spiro atoms. The molecule has 0 aliphatic carbocycles. The summed E-state index contributed by atoms with van der Waals surface area (Å²) in [5.41, 5.74) is -0.680. The summed E-state index contributed by atoms with van der Waals surface area (Å²) in [6.07, 6.45) is -1.96. The smallest absolute Gasteiger partial charge is 0.412 e. The second kappa shape index (κ2) is 13.1. The van der Waals surface area contributed by atoms with Crippen LogP contribution in [0.15, 0.2) is 11.0 Å². The molecule has 14 heteroatoms. The van der Waals surface area contributed by atoms with Crippen molar-refractivity contribution in [3.8, 4) is 0 Å². The third-order valence-electron chi connectivity index (χ3n) is 9.64. The Bertz CT molecular complexity index is 1170. The Hall–Kier alpha value is -1.43. The number of hydrogen-bond donors (Lipinski definition) is 1. The van der Waals surface area contributed by atoms with Gasteiger partial charge >= 0.3 is 11.8 Å². The third-order valence-corrected chi connectivity index (χ3v) is 23.1. The van der Waals surface area contributed by atoms with E-state index in [1.165, 1.54) is 10.9 Å². The first-order chi connectivity index (χ1) is 19.2. The Morgan fingerprint density at radius 2 is 1.37 bits per heavy atom. The van der Waals surface area contributed by atoms with E-state index in [9.17, 15) is 9.59 Å². The number of anilines is 1. The quantitative estimate of drug-likeness (QED) is 0.267. The van der Waals surface area contributed by atoms with Gasteiger partial charge in [-0.1, -0.05) is 62.3 Å². The molecule has 1 aromatic rings. The fraction of sp³-hybridized carbons (Fsp3) is 0.862. The number of ether oxygens (including phenoxy) is 2. The van der Waals surface area contributed by atoms with Crippen molar-refractivity contribution in [1.29, 1.82) is 0 Å². The molecule has 1 aliphatic heterocycles. The molecule has 248 valence electrons. The summed E-state index contributed by atoms with van der Waals surface area (Å²) < 4.78 is 33.6. The van der Waals surface area contributed by atoms with Gasteiger partial charge in [0.05, 0.1) is 19.4 Å². The van der Waals surface area contributed by atoms with Crippen molar-refractivity contribution in [2.75, 3.05) is 18.5 Å². The van der Waals surface area contributed by atoms with Crippen LogP contribution in [0.3, 0.4) is 0 Å². The fourth-order valence-electron chi connectivity index (χ4n) is 3.70. The summed E-state index contributed by atoms with van der Waals surface area (Å²) in [6.45, 7) is 35.1. The minimum atomic E-state index is -2.40. The number of hydrogen-bond acceptors (Lipinski definition) is 9. The Kier molecular flexibility index (Phi) is 11.5. The molecular weight excluding hydrogens is 601 g/mol. The van der Waals surface area contributed by atoms with Gasteiger partial charge in [0.15, 0.2) is 37.0 Å². The van der Waals surface area contributed by atoms with E-state index in [0.29, 0.717) is 6.61 Å². The first-order valence-corrected chi connectivity index (χ1v) is 24.0. The maximum atomic E-state index is 13.4. The van der Waals surface area contributed by atoms with Crippen LogP contribution in [0.1, 0.15) is 75.5 Å². The molecule has 43 heavy (non-hydrogen) atoms. The monoisotopic (exact) mass is 658 g/mol. The van der Waals surface area contributed by atoms with Crippen molar-refractivity contribution in [3.63, 3.8) is 0 Å².